The Bertz CT molecular complexity index is 118. The van der Waals surface area contributed by atoms with Crippen LogP contribution in [0.1, 0.15) is 6.42 Å². The minimum absolute atomic E-state index is 0.153. The fraction of sp³-hybridized carbons (Fsp3) is 1.00. The third-order valence-corrected chi connectivity index (χ3v) is 3.51. The van der Waals surface area contributed by atoms with Crippen molar-refractivity contribution in [1.82, 2.24) is 0 Å². The molecule has 6 heteroatoms. The Balaban J connectivity index is 3.77. The molecule has 0 N–H and O–H groups in total. The number of rotatable bonds is 4. The van der Waals surface area contributed by atoms with Gasteiger partial charge in [-0.2, -0.15) is 8.78 Å². The predicted octanol–water partition coefficient (Wildman–Crippen LogP) is 3.97. The summed E-state index contributed by atoms with van der Waals surface area (Å²) in [6, 6.07) is 0. The largest absolute Gasteiger partial charge is 0.302 e. The van der Waals surface area contributed by atoms with Crippen LogP contribution in [0.25, 0.3) is 0 Å². The Hall–Kier alpha value is 1.40. The summed E-state index contributed by atoms with van der Waals surface area (Å²) in [6.45, 7) is 0. The lowest BCUT2D eigenvalue weighted by Gasteiger charge is -2.16. The highest BCUT2D eigenvalue weighted by Crippen LogP contribution is 2.32. The summed E-state index contributed by atoms with van der Waals surface area (Å²) in [4.78, 5) is -3.35. The summed E-state index contributed by atoms with van der Waals surface area (Å²) in [5, 5.41) is -0.472. The molecule has 0 saturated heterocycles. The van der Waals surface area contributed by atoms with E-state index >= 15 is 0 Å². The average molecular weight is 335 g/mol. The molecule has 0 nitrogen and oxygen atoms in total. The van der Waals surface area contributed by atoms with Crippen molar-refractivity contribution in [2.75, 3.05) is 5.88 Å². The number of halogens is 6. The first kappa shape index (κ1) is 12.4. The van der Waals surface area contributed by atoms with Crippen molar-refractivity contribution in [3.8, 4) is 0 Å². The molecule has 0 aromatic carbocycles. The molecular weight excluding hydrogens is 329 g/mol. The zero-order valence-electron chi connectivity index (χ0n) is 5.34. The molecule has 2 atom stereocenters. The van der Waals surface area contributed by atoms with Crippen molar-refractivity contribution in [3.05, 3.63) is 0 Å². The number of alkyl halides is 6. The van der Waals surface area contributed by atoms with Gasteiger partial charge in [-0.3, -0.25) is 0 Å². The van der Waals surface area contributed by atoms with E-state index in [4.69, 9.17) is 23.2 Å². The van der Waals surface area contributed by atoms with E-state index in [-0.39, 0.29) is 12.3 Å². The highest BCUT2D eigenvalue weighted by Gasteiger charge is 2.30. The minimum Gasteiger partial charge on any atom is -0.194 e. The third kappa shape index (κ3) is 6.55. The Morgan fingerprint density at radius 2 is 1.91 bits per heavy atom. The molecule has 0 bridgehead atoms. The second-order valence-electron chi connectivity index (χ2n) is 2.01. The van der Waals surface area contributed by atoms with E-state index in [1.165, 1.54) is 0 Å². The molecule has 0 aliphatic heterocycles. The molecule has 0 saturated carbocycles. The third-order valence-electron chi connectivity index (χ3n) is 0.966. The standard InChI is InChI=1S/C5H6Br2Cl2F2/c6-3(4(9)2-8)1-5(7,10)11/h3-4H,1-2H2. The van der Waals surface area contributed by atoms with Gasteiger partial charge < -0.3 is 0 Å². The van der Waals surface area contributed by atoms with Crippen molar-refractivity contribution < 1.29 is 8.78 Å². The van der Waals surface area contributed by atoms with Gasteiger partial charge in [0.2, 0.25) is 0 Å². The first-order valence-corrected chi connectivity index (χ1v) is 5.45. The van der Waals surface area contributed by atoms with Crippen molar-refractivity contribution in [2.24, 2.45) is 0 Å². The van der Waals surface area contributed by atoms with Crippen molar-refractivity contribution >= 4 is 55.1 Å². The van der Waals surface area contributed by atoms with Crippen LogP contribution in [0.15, 0.2) is 0 Å². The molecule has 0 heterocycles. The molecule has 0 amide bonds. The van der Waals surface area contributed by atoms with Crippen LogP contribution in [-0.2, 0) is 0 Å². The highest BCUT2D eigenvalue weighted by molar-refractivity contribution is 9.10. The fourth-order valence-corrected chi connectivity index (χ4v) is 2.34. The van der Waals surface area contributed by atoms with Crippen LogP contribution < -0.4 is 0 Å². The van der Waals surface area contributed by atoms with Gasteiger partial charge in [-0.1, -0.05) is 15.9 Å². The lowest BCUT2D eigenvalue weighted by Crippen LogP contribution is -2.22. The zero-order chi connectivity index (χ0) is 9.07. The van der Waals surface area contributed by atoms with E-state index in [9.17, 15) is 8.78 Å². The Kier molecular flexibility index (Phi) is 5.86. The normalized spacial score (nSPS) is 18.0. The summed E-state index contributed by atoms with van der Waals surface area (Å²) in [7, 11) is 0. The molecular formula is C5H6Br2Cl2F2. The van der Waals surface area contributed by atoms with E-state index in [1.54, 1.807) is 0 Å². The van der Waals surface area contributed by atoms with Crippen molar-refractivity contribution in [1.29, 1.82) is 0 Å². The second kappa shape index (κ2) is 5.20. The molecule has 0 spiro atoms. The van der Waals surface area contributed by atoms with Crippen LogP contribution in [0.2, 0.25) is 0 Å². The quantitative estimate of drug-likeness (QED) is 0.682. The van der Waals surface area contributed by atoms with E-state index in [0.717, 1.165) is 0 Å². The fourth-order valence-electron chi connectivity index (χ4n) is 0.446. The van der Waals surface area contributed by atoms with Crippen LogP contribution >= 0.6 is 55.1 Å². The molecule has 0 fully saturated rings. The molecule has 68 valence electrons. The molecule has 0 aromatic rings. The molecule has 0 aliphatic carbocycles. The molecule has 0 aromatic heterocycles. The van der Waals surface area contributed by atoms with Crippen molar-refractivity contribution in [3.63, 3.8) is 0 Å². The van der Waals surface area contributed by atoms with E-state index in [1.807, 2.05) is 0 Å². The maximum Gasteiger partial charge on any atom is 0.302 e. The van der Waals surface area contributed by atoms with Crippen LogP contribution in [-0.4, -0.2) is 20.9 Å². The Morgan fingerprint density at radius 1 is 1.45 bits per heavy atom. The first-order chi connectivity index (χ1) is 4.87. The van der Waals surface area contributed by atoms with Crippen LogP contribution in [0.4, 0.5) is 8.78 Å². The molecule has 0 rings (SSSR count). The lowest BCUT2D eigenvalue weighted by atomic mass is 10.2. The Morgan fingerprint density at radius 3 is 2.18 bits per heavy atom. The number of hydrogen-bond donors (Lipinski definition) is 0. The molecule has 0 radical (unpaired) electrons. The summed E-state index contributed by atoms with van der Waals surface area (Å²) in [5.74, 6) is 0.153. The van der Waals surface area contributed by atoms with Crippen LogP contribution in [0.3, 0.4) is 0 Å². The second-order valence-corrected chi connectivity index (χ2v) is 5.21. The summed E-state index contributed by atoms with van der Waals surface area (Å²) < 4.78 is 24.5. The van der Waals surface area contributed by atoms with E-state index < -0.39 is 15.0 Å². The van der Waals surface area contributed by atoms with Crippen LogP contribution in [0, 0.1) is 0 Å². The minimum atomic E-state index is -2.87. The van der Waals surface area contributed by atoms with Gasteiger partial charge in [-0.05, 0) is 15.9 Å². The van der Waals surface area contributed by atoms with Gasteiger partial charge in [0.05, 0.1) is 5.38 Å². The number of hydrogen-bond acceptors (Lipinski definition) is 0. The molecule has 11 heavy (non-hydrogen) atoms. The van der Waals surface area contributed by atoms with Gasteiger partial charge in [0.25, 0.3) is 0 Å². The maximum atomic E-state index is 12.3. The van der Waals surface area contributed by atoms with E-state index in [2.05, 4.69) is 31.9 Å². The van der Waals surface area contributed by atoms with Gasteiger partial charge in [-0.15, -0.1) is 23.2 Å². The SMILES string of the molecule is FC(F)(Br)CC(Br)C(Cl)CCl. The van der Waals surface area contributed by atoms with Gasteiger partial charge in [0.15, 0.2) is 0 Å². The van der Waals surface area contributed by atoms with E-state index in [0.29, 0.717) is 0 Å². The topological polar surface area (TPSA) is 0 Å². The van der Waals surface area contributed by atoms with Gasteiger partial charge >= 0.3 is 4.83 Å². The summed E-state index contributed by atoms with van der Waals surface area (Å²) >= 11 is 16.2. The average Bonchev–Trinajstić information content (AvgIpc) is 1.82. The summed E-state index contributed by atoms with van der Waals surface area (Å²) in [5.41, 5.74) is 0. The van der Waals surface area contributed by atoms with Gasteiger partial charge in [0, 0.05) is 17.1 Å². The molecule has 0 aliphatic rings. The summed E-state index contributed by atoms with van der Waals surface area (Å²) in [6.07, 6.45) is -0.367. The lowest BCUT2D eigenvalue weighted by molar-refractivity contribution is 0.104. The van der Waals surface area contributed by atoms with Gasteiger partial charge in [-0.25, -0.2) is 0 Å². The van der Waals surface area contributed by atoms with Gasteiger partial charge in [0.1, 0.15) is 0 Å². The smallest absolute Gasteiger partial charge is 0.194 e. The highest BCUT2D eigenvalue weighted by atomic mass is 79.9. The monoisotopic (exact) mass is 332 g/mol. The zero-order valence-corrected chi connectivity index (χ0v) is 10.0. The maximum absolute atomic E-state index is 12.3. The predicted molar refractivity (Wildman–Crippen MR) is 51.6 cm³/mol. The Labute approximate surface area is 90.9 Å². The molecule has 2 unspecified atom stereocenters. The first-order valence-electron chi connectivity index (χ1n) is 2.77. The van der Waals surface area contributed by atoms with Crippen molar-refractivity contribution in [2.45, 2.75) is 21.5 Å². The van der Waals surface area contributed by atoms with Crippen LogP contribution in [0.5, 0.6) is 0 Å².